The van der Waals surface area contributed by atoms with Crippen LogP contribution in [0.3, 0.4) is 0 Å². The lowest BCUT2D eigenvalue weighted by Crippen LogP contribution is -2.44. The standard InChI is InChI=1S/C30H44N2O5Si/c1-20(2)15-21(3)27(33)18-25-24-17-28(36-19-23-11-9-10-12-26(23)32(34)35)29(16-22(24)13-14-31-25)37-38(7,8)30(4,5)6/h9-12,16-17,20,25,27,31,33H,3,13-15,18-19H2,1-2,4-8H3. The Morgan fingerprint density at radius 2 is 1.92 bits per heavy atom. The third kappa shape index (κ3) is 7.24. The van der Waals surface area contributed by atoms with E-state index in [1.54, 1.807) is 18.2 Å². The first kappa shape index (κ1) is 29.9. The van der Waals surface area contributed by atoms with Gasteiger partial charge in [0.2, 0.25) is 0 Å². The maximum absolute atomic E-state index is 11.5. The van der Waals surface area contributed by atoms with Crippen molar-refractivity contribution in [3.05, 3.63) is 75.4 Å². The van der Waals surface area contributed by atoms with Crippen LogP contribution in [0.25, 0.3) is 0 Å². The molecule has 0 fully saturated rings. The van der Waals surface area contributed by atoms with Gasteiger partial charge in [0, 0.05) is 12.1 Å². The third-order valence-electron chi connectivity index (χ3n) is 7.71. The molecule has 0 saturated heterocycles. The van der Waals surface area contributed by atoms with Crippen molar-refractivity contribution in [3.8, 4) is 11.5 Å². The van der Waals surface area contributed by atoms with Crippen LogP contribution in [0.5, 0.6) is 11.5 Å². The molecular formula is C30H44N2O5Si. The van der Waals surface area contributed by atoms with E-state index in [2.05, 4.69) is 65.7 Å². The minimum atomic E-state index is -2.19. The highest BCUT2D eigenvalue weighted by Crippen LogP contribution is 2.43. The lowest BCUT2D eigenvalue weighted by molar-refractivity contribution is -0.385. The first-order valence-electron chi connectivity index (χ1n) is 13.5. The van der Waals surface area contributed by atoms with Crippen LogP contribution in [0.15, 0.2) is 48.6 Å². The molecule has 0 aliphatic carbocycles. The molecule has 2 aromatic rings. The average molecular weight is 541 g/mol. The molecule has 0 saturated carbocycles. The van der Waals surface area contributed by atoms with Gasteiger partial charge >= 0.3 is 0 Å². The summed E-state index contributed by atoms with van der Waals surface area (Å²) in [5, 5.41) is 26.0. The van der Waals surface area contributed by atoms with Gasteiger partial charge in [0.25, 0.3) is 14.0 Å². The monoisotopic (exact) mass is 540 g/mol. The summed E-state index contributed by atoms with van der Waals surface area (Å²) < 4.78 is 13.0. The number of rotatable bonds is 11. The van der Waals surface area contributed by atoms with E-state index in [0.29, 0.717) is 29.4 Å². The van der Waals surface area contributed by atoms with Gasteiger partial charge in [0.15, 0.2) is 5.75 Å². The van der Waals surface area contributed by atoms with Crippen LogP contribution in [0.2, 0.25) is 18.1 Å². The van der Waals surface area contributed by atoms with Crippen LogP contribution < -0.4 is 14.5 Å². The predicted octanol–water partition coefficient (Wildman–Crippen LogP) is 7.10. The van der Waals surface area contributed by atoms with Crippen LogP contribution in [-0.4, -0.2) is 31.0 Å². The van der Waals surface area contributed by atoms with Gasteiger partial charge in [-0.25, -0.2) is 0 Å². The van der Waals surface area contributed by atoms with Gasteiger partial charge in [-0.15, -0.1) is 0 Å². The second-order valence-electron chi connectivity index (χ2n) is 12.3. The van der Waals surface area contributed by atoms with Gasteiger partial charge in [-0.2, -0.15) is 0 Å². The smallest absolute Gasteiger partial charge is 0.276 e. The second kappa shape index (κ2) is 12.0. The van der Waals surface area contributed by atoms with Gasteiger partial charge < -0.3 is 19.6 Å². The molecular weight excluding hydrogens is 496 g/mol. The molecule has 2 unspecified atom stereocenters. The van der Waals surface area contributed by atoms with Crippen LogP contribution in [0, 0.1) is 16.0 Å². The molecule has 2 aromatic carbocycles. The number of hydrogen-bond acceptors (Lipinski definition) is 6. The zero-order valence-electron chi connectivity index (χ0n) is 24.0. The van der Waals surface area contributed by atoms with Crippen molar-refractivity contribution in [2.24, 2.45) is 5.92 Å². The normalized spacial score (nSPS) is 16.6. The molecule has 2 atom stereocenters. The molecule has 0 bridgehead atoms. The molecule has 2 N–H and O–H groups in total. The van der Waals surface area contributed by atoms with Crippen LogP contribution in [-0.2, 0) is 13.0 Å². The molecule has 1 heterocycles. The van der Waals surface area contributed by atoms with E-state index in [1.807, 2.05) is 6.07 Å². The summed E-state index contributed by atoms with van der Waals surface area (Å²) in [4.78, 5) is 11.2. The van der Waals surface area contributed by atoms with Gasteiger partial charge in [0.05, 0.1) is 16.6 Å². The van der Waals surface area contributed by atoms with Crippen molar-refractivity contribution in [3.63, 3.8) is 0 Å². The molecule has 1 aliphatic heterocycles. The maximum Gasteiger partial charge on any atom is 0.276 e. The number of fused-ring (bicyclic) bond motifs is 1. The van der Waals surface area contributed by atoms with Crippen LogP contribution in [0.1, 0.15) is 70.2 Å². The molecule has 0 spiro atoms. The number of benzene rings is 2. The topological polar surface area (TPSA) is 93.9 Å². The minimum Gasteiger partial charge on any atom is -0.541 e. The summed E-state index contributed by atoms with van der Waals surface area (Å²) in [6.07, 6.45) is 1.53. The summed E-state index contributed by atoms with van der Waals surface area (Å²) in [6.45, 7) is 20.2. The lowest BCUT2D eigenvalue weighted by Gasteiger charge is -2.37. The number of aliphatic hydroxyl groups is 1. The van der Waals surface area contributed by atoms with Crippen LogP contribution in [0.4, 0.5) is 5.69 Å². The number of nitro benzene ring substituents is 1. The van der Waals surface area contributed by atoms with Crippen molar-refractivity contribution < 1.29 is 19.2 Å². The highest BCUT2D eigenvalue weighted by atomic mass is 28.4. The first-order chi connectivity index (χ1) is 17.7. The second-order valence-corrected chi connectivity index (χ2v) is 17.0. The van der Waals surface area contributed by atoms with E-state index in [9.17, 15) is 15.2 Å². The highest BCUT2D eigenvalue weighted by Gasteiger charge is 2.40. The van der Waals surface area contributed by atoms with Crippen molar-refractivity contribution in [2.45, 2.75) is 90.8 Å². The highest BCUT2D eigenvalue weighted by molar-refractivity contribution is 6.74. The molecule has 0 radical (unpaired) electrons. The number of ether oxygens (including phenoxy) is 1. The Hall–Kier alpha value is -2.68. The number of nitrogens with zero attached hydrogens (tertiary/aromatic N) is 1. The molecule has 0 amide bonds. The molecule has 1 aliphatic rings. The number of nitrogens with one attached hydrogen (secondary N) is 1. The van der Waals surface area contributed by atoms with E-state index in [-0.39, 0.29) is 28.3 Å². The van der Waals surface area contributed by atoms with E-state index in [0.717, 1.165) is 30.5 Å². The molecule has 7 nitrogen and oxygen atoms in total. The third-order valence-corrected chi connectivity index (χ3v) is 12.1. The van der Waals surface area contributed by atoms with Crippen molar-refractivity contribution in [1.29, 1.82) is 0 Å². The summed E-state index contributed by atoms with van der Waals surface area (Å²) in [6, 6.07) is 10.6. The predicted molar refractivity (Wildman–Crippen MR) is 155 cm³/mol. The van der Waals surface area contributed by atoms with Crippen molar-refractivity contribution in [2.75, 3.05) is 6.54 Å². The Balaban J connectivity index is 1.98. The number of nitro groups is 1. The average Bonchev–Trinajstić information content (AvgIpc) is 2.81. The lowest BCUT2D eigenvalue weighted by atomic mass is 9.88. The fraction of sp³-hybridized carbons (Fsp3) is 0.533. The zero-order valence-corrected chi connectivity index (χ0v) is 25.0. The fourth-order valence-electron chi connectivity index (χ4n) is 4.50. The SMILES string of the molecule is C=C(CC(C)C)C(O)CC1NCCc2cc(O[Si](C)(C)C(C)(C)C)c(OCc3ccccc3[N+](=O)[O-])cc21. The quantitative estimate of drug-likeness (QED) is 0.137. The van der Waals surface area contributed by atoms with E-state index in [1.165, 1.54) is 11.6 Å². The van der Waals surface area contributed by atoms with Crippen LogP contribution >= 0.6 is 0 Å². The van der Waals surface area contributed by atoms with Gasteiger partial charge in [-0.1, -0.05) is 53.3 Å². The number of aliphatic hydroxyl groups excluding tert-OH is 1. The van der Waals surface area contributed by atoms with E-state index in [4.69, 9.17) is 9.16 Å². The molecule has 208 valence electrons. The Morgan fingerprint density at radius 1 is 1.24 bits per heavy atom. The Bertz CT molecular complexity index is 1160. The zero-order chi connectivity index (χ0) is 28.3. The van der Waals surface area contributed by atoms with Crippen molar-refractivity contribution >= 4 is 14.0 Å². The van der Waals surface area contributed by atoms with E-state index >= 15 is 0 Å². The van der Waals surface area contributed by atoms with Gasteiger partial charge in [-0.3, -0.25) is 10.1 Å². The summed E-state index contributed by atoms with van der Waals surface area (Å²) in [5.74, 6) is 1.68. The Kier molecular flexibility index (Phi) is 9.44. The molecule has 0 aromatic heterocycles. The molecule has 8 heteroatoms. The van der Waals surface area contributed by atoms with Crippen molar-refractivity contribution in [1.82, 2.24) is 5.32 Å². The van der Waals surface area contributed by atoms with Gasteiger partial charge in [-0.05, 0) is 84.8 Å². The first-order valence-corrected chi connectivity index (χ1v) is 16.4. The summed E-state index contributed by atoms with van der Waals surface area (Å²) in [7, 11) is -2.19. The maximum atomic E-state index is 11.5. The summed E-state index contributed by atoms with van der Waals surface area (Å²) in [5.41, 5.74) is 3.61. The largest absolute Gasteiger partial charge is 0.541 e. The Morgan fingerprint density at radius 3 is 2.55 bits per heavy atom. The Labute approximate surface area is 228 Å². The number of hydrogen-bond donors (Lipinski definition) is 2. The minimum absolute atomic E-state index is 0.0105. The van der Waals surface area contributed by atoms with E-state index < -0.39 is 14.4 Å². The molecule has 3 rings (SSSR count). The van der Waals surface area contributed by atoms with Gasteiger partial charge in [0.1, 0.15) is 12.4 Å². The number of para-hydroxylation sites is 1. The fourth-order valence-corrected chi connectivity index (χ4v) is 5.51. The molecule has 38 heavy (non-hydrogen) atoms. The summed E-state index contributed by atoms with van der Waals surface area (Å²) >= 11 is 0.